The molecule has 0 amide bonds. The van der Waals surface area contributed by atoms with Crippen LogP contribution in [0.3, 0.4) is 0 Å². The molecule has 0 aliphatic carbocycles. The van der Waals surface area contributed by atoms with E-state index in [2.05, 4.69) is 15.2 Å². The maximum atomic E-state index is 14.3. The molecule has 4 rings (SSSR count). The van der Waals surface area contributed by atoms with Crippen molar-refractivity contribution in [3.63, 3.8) is 0 Å². The second kappa shape index (κ2) is 13.1. The predicted molar refractivity (Wildman–Crippen MR) is 158 cm³/mol. The average molecular weight is 598 g/mol. The fraction of sp³-hybridized carbons (Fsp3) is 0.345. The molecule has 0 saturated carbocycles. The third kappa shape index (κ3) is 5.70. The smallest absolute Gasteiger partial charge is 0.246 e. The molecule has 0 radical (unpaired) electrons. The van der Waals surface area contributed by atoms with Crippen LogP contribution in [0.1, 0.15) is 31.9 Å². The number of hydrogen-bond donors (Lipinski definition) is 1. The highest BCUT2D eigenvalue weighted by Gasteiger charge is 2.39. The molecule has 12 nitrogen and oxygen atoms in total. The molecule has 2 heterocycles. The Morgan fingerprint density at radius 3 is 2.10 bits per heavy atom. The molecule has 0 bridgehead atoms. The van der Waals surface area contributed by atoms with E-state index in [0.29, 0.717) is 46.5 Å². The Morgan fingerprint density at radius 1 is 0.857 bits per heavy atom. The van der Waals surface area contributed by atoms with Crippen LogP contribution in [0.4, 0.5) is 5.95 Å². The number of anilines is 1. The summed E-state index contributed by atoms with van der Waals surface area (Å²) in [6.07, 6.45) is -0.957. The van der Waals surface area contributed by atoms with Crippen LogP contribution in [0.15, 0.2) is 60.7 Å². The van der Waals surface area contributed by atoms with Gasteiger partial charge in [-0.1, -0.05) is 37.3 Å². The van der Waals surface area contributed by atoms with E-state index in [1.54, 1.807) is 60.7 Å². The lowest BCUT2D eigenvalue weighted by Crippen LogP contribution is -2.42. The molecule has 0 aliphatic rings. The van der Waals surface area contributed by atoms with Gasteiger partial charge in [-0.25, -0.2) is 17.7 Å². The van der Waals surface area contributed by atoms with Crippen molar-refractivity contribution in [3.05, 3.63) is 66.2 Å². The van der Waals surface area contributed by atoms with Gasteiger partial charge in [0.15, 0.2) is 5.82 Å². The molecule has 13 heteroatoms. The van der Waals surface area contributed by atoms with Crippen molar-refractivity contribution in [2.45, 2.75) is 31.6 Å². The summed E-state index contributed by atoms with van der Waals surface area (Å²) < 4.78 is 53.4. The second-order valence-electron chi connectivity index (χ2n) is 9.24. The number of nitrogens with zero attached hydrogens (tertiary/aromatic N) is 5. The first-order valence-electron chi connectivity index (χ1n) is 13.2. The fourth-order valence-corrected chi connectivity index (χ4v) is 6.24. The Hall–Kier alpha value is -4.36. The van der Waals surface area contributed by atoms with Gasteiger partial charge in [-0.2, -0.15) is 0 Å². The zero-order valence-corrected chi connectivity index (χ0v) is 25.2. The first kappa shape index (κ1) is 30.6. The molecule has 0 fully saturated rings. The molecule has 2 aromatic carbocycles. The van der Waals surface area contributed by atoms with Gasteiger partial charge < -0.3 is 24.1 Å². The molecular weight excluding hydrogens is 562 g/mol. The minimum absolute atomic E-state index is 0.0293. The number of ether oxygens (including phenoxy) is 4. The lowest BCUT2D eigenvalue weighted by atomic mass is 10.1. The Labute approximate surface area is 245 Å². The molecule has 0 unspecified atom stereocenters. The van der Waals surface area contributed by atoms with E-state index in [9.17, 15) is 13.5 Å². The summed E-state index contributed by atoms with van der Waals surface area (Å²) in [6.45, 7) is 3.34. The highest BCUT2D eigenvalue weighted by atomic mass is 32.2. The Morgan fingerprint density at radius 2 is 1.48 bits per heavy atom. The number of aliphatic hydroxyl groups is 1. The molecule has 0 aliphatic heterocycles. The molecule has 0 saturated heterocycles. The SMILES string of the molecule is CCCN(c1nnc(-c2cccc(OC)n2)n1-c1c(OC)cccc1OC)S(=O)(=O)[C@@H](C)[C@@H](O)c1ccccc1OC. The van der Waals surface area contributed by atoms with Crippen molar-refractivity contribution < 1.29 is 32.5 Å². The average Bonchev–Trinajstić information content (AvgIpc) is 3.46. The largest absolute Gasteiger partial charge is 0.496 e. The topological polar surface area (TPSA) is 138 Å². The van der Waals surface area contributed by atoms with Crippen LogP contribution >= 0.6 is 0 Å². The summed E-state index contributed by atoms with van der Waals surface area (Å²) in [4.78, 5) is 4.51. The van der Waals surface area contributed by atoms with Gasteiger partial charge in [0.05, 0.1) is 28.4 Å². The van der Waals surface area contributed by atoms with Crippen LogP contribution in [0.25, 0.3) is 17.2 Å². The number of aromatic nitrogens is 4. The summed E-state index contributed by atoms with van der Waals surface area (Å²) in [5.41, 5.74) is 1.09. The van der Waals surface area contributed by atoms with Crippen LogP contribution in [-0.4, -0.2) is 73.5 Å². The number of pyridine rings is 1. The number of rotatable bonds is 13. The molecular formula is C29H35N5O7S. The molecule has 2 atom stereocenters. The Kier molecular flexibility index (Phi) is 9.53. The van der Waals surface area contributed by atoms with Crippen LogP contribution in [0, 0.1) is 0 Å². The molecule has 224 valence electrons. The van der Waals surface area contributed by atoms with Gasteiger partial charge in [0.1, 0.15) is 40.0 Å². The molecule has 2 aromatic heterocycles. The monoisotopic (exact) mass is 597 g/mol. The number of benzene rings is 2. The van der Waals surface area contributed by atoms with Crippen molar-refractivity contribution in [3.8, 4) is 40.3 Å². The normalized spacial score (nSPS) is 12.8. The van der Waals surface area contributed by atoms with Crippen molar-refractivity contribution in [2.75, 3.05) is 39.3 Å². The van der Waals surface area contributed by atoms with Crippen LogP contribution in [0.2, 0.25) is 0 Å². The van der Waals surface area contributed by atoms with E-state index in [4.69, 9.17) is 18.9 Å². The quantitative estimate of drug-likeness (QED) is 0.240. The van der Waals surface area contributed by atoms with Gasteiger partial charge in [-0.05, 0) is 37.6 Å². The van der Waals surface area contributed by atoms with Crippen LogP contribution in [0.5, 0.6) is 23.1 Å². The highest BCUT2D eigenvalue weighted by molar-refractivity contribution is 7.93. The molecule has 1 N–H and O–H groups in total. The van der Waals surface area contributed by atoms with Crippen LogP contribution in [-0.2, 0) is 10.0 Å². The number of aliphatic hydroxyl groups excluding tert-OH is 1. The summed E-state index contributed by atoms with van der Waals surface area (Å²) in [5, 5.41) is 18.8. The van der Waals surface area contributed by atoms with Gasteiger partial charge in [0, 0.05) is 18.2 Å². The van der Waals surface area contributed by atoms with Gasteiger partial charge >= 0.3 is 0 Å². The minimum Gasteiger partial charge on any atom is -0.496 e. The highest BCUT2D eigenvalue weighted by Crippen LogP contribution is 2.40. The summed E-state index contributed by atoms with van der Waals surface area (Å²) in [6, 6.07) is 17.1. The molecule has 42 heavy (non-hydrogen) atoms. The molecule has 4 aromatic rings. The first-order valence-corrected chi connectivity index (χ1v) is 14.7. The van der Waals surface area contributed by atoms with E-state index in [1.807, 2.05) is 6.92 Å². The van der Waals surface area contributed by atoms with E-state index in [0.717, 1.165) is 4.31 Å². The maximum absolute atomic E-state index is 14.3. The van der Waals surface area contributed by atoms with Crippen molar-refractivity contribution >= 4 is 16.0 Å². The third-order valence-electron chi connectivity index (χ3n) is 6.76. The lowest BCUT2D eigenvalue weighted by molar-refractivity contribution is 0.171. The van der Waals surface area contributed by atoms with Crippen molar-refractivity contribution in [2.24, 2.45) is 0 Å². The van der Waals surface area contributed by atoms with Gasteiger partial charge in [-0.15, -0.1) is 10.2 Å². The van der Waals surface area contributed by atoms with Crippen LogP contribution < -0.4 is 23.3 Å². The summed E-state index contributed by atoms with van der Waals surface area (Å²) in [7, 11) is 1.69. The molecule has 0 spiro atoms. The van der Waals surface area contributed by atoms with E-state index in [-0.39, 0.29) is 18.3 Å². The number of para-hydroxylation sites is 2. The predicted octanol–water partition coefficient (Wildman–Crippen LogP) is 4.03. The standard InChI is InChI=1S/C29H35N5O7S/c1-7-18-33(42(36,37)19(2)27(35)20-12-8-9-14-22(20)38-3)29-32-31-28(21-13-10-17-25(30-21)41-6)34(29)26-23(39-4)15-11-16-24(26)40-5/h8-17,19,27,35H,7,18H2,1-6H3/t19-,27+/m0/s1. The van der Waals surface area contributed by atoms with Crippen molar-refractivity contribution in [1.82, 2.24) is 19.7 Å². The summed E-state index contributed by atoms with van der Waals surface area (Å²) >= 11 is 0. The van der Waals surface area contributed by atoms with E-state index >= 15 is 0 Å². The zero-order chi connectivity index (χ0) is 30.4. The Bertz CT molecular complexity index is 1600. The second-order valence-corrected chi connectivity index (χ2v) is 11.5. The Balaban J connectivity index is 1.96. The fourth-order valence-electron chi connectivity index (χ4n) is 4.59. The lowest BCUT2D eigenvalue weighted by Gasteiger charge is -2.30. The van der Waals surface area contributed by atoms with Gasteiger partial charge in [-0.3, -0.25) is 4.57 Å². The van der Waals surface area contributed by atoms with Gasteiger partial charge in [0.25, 0.3) is 0 Å². The summed E-state index contributed by atoms with van der Waals surface area (Å²) in [5.74, 6) is 1.68. The van der Waals surface area contributed by atoms with E-state index < -0.39 is 21.4 Å². The number of sulfonamides is 1. The zero-order valence-electron chi connectivity index (χ0n) is 24.4. The van der Waals surface area contributed by atoms with E-state index in [1.165, 1.54) is 39.9 Å². The van der Waals surface area contributed by atoms with Gasteiger partial charge in [0.2, 0.25) is 21.9 Å². The first-order chi connectivity index (χ1) is 20.2. The number of methoxy groups -OCH3 is 4. The minimum atomic E-state index is -4.26. The third-order valence-corrected chi connectivity index (χ3v) is 8.92. The number of hydrogen-bond acceptors (Lipinski definition) is 10. The maximum Gasteiger partial charge on any atom is 0.246 e. The van der Waals surface area contributed by atoms with Crippen molar-refractivity contribution in [1.29, 1.82) is 0 Å².